The van der Waals surface area contributed by atoms with Crippen molar-refractivity contribution >= 4 is 5.91 Å². The predicted molar refractivity (Wildman–Crippen MR) is 92.0 cm³/mol. The van der Waals surface area contributed by atoms with Crippen LogP contribution in [0.3, 0.4) is 0 Å². The van der Waals surface area contributed by atoms with Crippen LogP contribution in [0.2, 0.25) is 0 Å². The van der Waals surface area contributed by atoms with Gasteiger partial charge in [0.1, 0.15) is 22.9 Å². The summed E-state index contributed by atoms with van der Waals surface area (Å²) < 4.78 is 33.3. The maximum atomic E-state index is 14.3. The summed E-state index contributed by atoms with van der Waals surface area (Å²) in [5, 5.41) is 16.3. The second-order valence-electron chi connectivity index (χ2n) is 6.23. The van der Waals surface area contributed by atoms with Crippen LogP contribution in [0.5, 0.6) is 5.75 Å². The minimum absolute atomic E-state index is 0.0174. The van der Waals surface area contributed by atoms with Gasteiger partial charge in [-0.1, -0.05) is 30.3 Å². The molecule has 1 aliphatic rings. The molecule has 7 heteroatoms. The molecule has 2 aromatic carbocycles. The third-order valence-electron chi connectivity index (χ3n) is 4.71. The molecule has 5 nitrogen and oxygen atoms in total. The summed E-state index contributed by atoms with van der Waals surface area (Å²) in [5.41, 5.74) is -1.16. The van der Waals surface area contributed by atoms with E-state index in [1.165, 1.54) is 7.11 Å². The van der Waals surface area contributed by atoms with Gasteiger partial charge in [0.25, 0.3) is 5.91 Å². The minimum Gasteiger partial charge on any atom is -0.497 e. The highest BCUT2D eigenvalue weighted by Gasteiger charge is 2.43. The van der Waals surface area contributed by atoms with Crippen LogP contribution < -0.4 is 15.4 Å². The number of amides is 1. The maximum Gasteiger partial charge on any atom is 0.258 e. The number of methoxy groups -OCH3 is 1. The minimum atomic E-state index is -1.14. The molecule has 1 fully saturated rings. The van der Waals surface area contributed by atoms with E-state index >= 15 is 0 Å². The molecule has 0 aliphatic carbocycles. The number of aliphatic hydroxyl groups is 1. The van der Waals surface area contributed by atoms with Gasteiger partial charge in [-0.3, -0.25) is 4.79 Å². The Bertz CT molecular complexity index is 778. The number of halogens is 2. The molecular formula is C19H20F2N2O3. The third-order valence-corrected chi connectivity index (χ3v) is 4.71. The van der Waals surface area contributed by atoms with Gasteiger partial charge in [0.05, 0.1) is 18.8 Å². The summed E-state index contributed by atoms with van der Waals surface area (Å²) in [6, 6.07) is 10.8. The van der Waals surface area contributed by atoms with Crippen molar-refractivity contribution in [2.45, 2.75) is 18.1 Å². The lowest BCUT2D eigenvalue weighted by atomic mass is 9.79. The summed E-state index contributed by atoms with van der Waals surface area (Å²) in [7, 11) is 1.28. The molecule has 0 aromatic heterocycles. The molecule has 0 spiro atoms. The van der Waals surface area contributed by atoms with E-state index in [4.69, 9.17) is 4.74 Å². The maximum absolute atomic E-state index is 14.3. The number of rotatable bonds is 4. The first-order valence-corrected chi connectivity index (χ1v) is 8.28. The Labute approximate surface area is 150 Å². The average Bonchev–Trinajstić information content (AvgIpc) is 2.63. The molecule has 0 unspecified atom stereocenters. The molecule has 0 radical (unpaired) electrons. The number of carbonyl (C=O) groups excluding carboxylic acids is 1. The molecule has 1 aliphatic heterocycles. The average molecular weight is 362 g/mol. The molecular weight excluding hydrogens is 342 g/mol. The Morgan fingerprint density at radius 1 is 1.27 bits per heavy atom. The first kappa shape index (κ1) is 18.3. The van der Waals surface area contributed by atoms with Gasteiger partial charge in [-0.2, -0.15) is 0 Å². The van der Waals surface area contributed by atoms with Gasteiger partial charge < -0.3 is 20.5 Å². The van der Waals surface area contributed by atoms with E-state index in [9.17, 15) is 18.7 Å². The van der Waals surface area contributed by atoms with Crippen molar-refractivity contribution in [2.75, 3.05) is 20.2 Å². The monoisotopic (exact) mass is 362 g/mol. The molecule has 0 saturated carbocycles. The number of nitrogens with one attached hydrogen (secondary N) is 2. The zero-order valence-electron chi connectivity index (χ0n) is 14.3. The van der Waals surface area contributed by atoms with Crippen LogP contribution in [0.4, 0.5) is 8.78 Å². The van der Waals surface area contributed by atoms with E-state index in [-0.39, 0.29) is 12.3 Å². The number of hydrogen-bond acceptors (Lipinski definition) is 4. The van der Waals surface area contributed by atoms with E-state index in [0.29, 0.717) is 18.5 Å². The molecule has 1 amide bonds. The molecule has 2 atom stereocenters. The first-order chi connectivity index (χ1) is 12.5. The molecule has 3 rings (SSSR count). The summed E-state index contributed by atoms with van der Waals surface area (Å²) in [6.07, 6.45) is -0.574. The van der Waals surface area contributed by atoms with Gasteiger partial charge in [-0.05, 0) is 18.5 Å². The first-order valence-electron chi connectivity index (χ1n) is 8.28. The van der Waals surface area contributed by atoms with Crippen molar-refractivity contribution < 1.29 is 23.4 Å². The summed E-state index contributed by atoms with van der Waals surface area (Å²) in [5.74, 6) is -2.99. The summed E-state index contributed by atoms with van der Waals surface area (Å²) >= 11 is 0. The quantitative estimate of drug-likeness (QED) is 0.778. The second kappa shape index (κ2) is 7.39. The summed E-state index contributed by atoms with van der Waals surface area (Å²) in [6.45, 7) is 0.794. The Balaban J connectivity index is 1.99. The zero-order chi connectivity index (χ0) is 18.7. The fourth-order valence-electron chi connectivity index (χ4n) is 3.31. The van der Waals surface area contributed by atoms with Crippen LogP contribution in [0.25, 0.3) is 0 Å². The Morgan fingerprint density at radius 2 is 1.92 bits per heavy atom. The number of carbonyl (C=O) groups is 1. The van der Waals surface area contributed by atoms with Crippen LogP contribution in [-0.4, -0.2) is 37.3 Å². The predicted octanol–water partition coefficient (Wildman–Crippen LogP) is 1.95. The number of benzene rings is 2. The van der Waals surface area contributed by atoms with Gasteiger partial charge in [-0.25, -0.2) is 8.78 Å². The van der Waals surface area contributed by atoms with Crippen LogP contribution in [0.1, 0.15) is 22.3 Å². The Hall–Kier alpha value is -2.51. The van der Waals surface area contributed by atoms with E-state index in [1.54, 1.807) is 24.3 Å². The normalized spacial score (nSPS) is 22.7. The zero-order valence-corrected chi connectivity index (χ0v) is 14.3. The number of β-amino-alcohol motifs (C(OH)–C–C–N with tert-alkyl or cyclic N) is 1. The number of hydrogen-bond donors (Lipinski definition) is 3. The van der Waals surface area contributed by atoms with Crippen LogP contribution in [0, 0.1) is 11.6 Å². The number of piperidine rings is 1. The second-order valence-corrected chi connectivity index (χ2v) is 6.23. The molecule has 138 valence electrons. The fraction of sp³-hybridized carbons (Fsp3) is 0.316. The van der Waals surface area contributed by atoms with Crippen molar-refractivity contribution in [1.82, 2.24) is 10.6 Å². The third kappa shape index (κ3) is 3.27. The molecule has 1 heterocycles. The topological polar surface area (TPSA) is 70.6 Å². The van der Waals surface area contributed by atoms with E-state index in [1.807, 2.05) is 6.07 Å². The molecule has 0 bridgehead atoms. The number of aliphatic hydroxyl groups excluding tert-OH is 1. The summed E-state index contributed by atoms with van der Waals surface area (Å²) in [4.78, 5) is 12.7. The van der Waals surface area contributed by atoms with Crippen molar-refractivity contribution in [1.29, 1.82) is 0 Å². The fourth-order valence-corrected chi connectivity index (χ4v) is 3.31. The van der Waals surface area contributed by atoms with Crippen LogP contribution in [0.15, 0.2) is 42.5 Å². The van der Waals surface area contributed by atoms with Crippen molar-refractivity contribution in [3.63, 3.8) is 0 Å². The van der Waals surface area contributed by atoms with Gasteiger partial charge >= 0.3 is 0 Å². The van der Waals surface area contributed by atoms with Crippen LogP contribution in [-0.2, 0) is 5.54 Å². The lowest BCUT2D eigenvalue weighted by Gasteiger charge is -2.43. The van der Waals surface area contributed by atoms with E-state index in [2.05, 4.69) is 10.6 Å². The molecule has 26 heavy (non-hydrogen) atoms. The van der Waals surface area contributed by atoms with Crippen LogP contribution >= 0.6 is 0 Å². The van der Waals surface area contributed by atoms with E-state index in [0.717, 1.165) is 12.1 Å². The van der Waals surface area contributed by atoms with Gasteiger partial charge in [0, 0.05) is 18.7 Å². The lowest BCUT2D eigenvalue weighted by Crippen LogP contribution is -2.61. The standard InChI is InChI=1S/C19H20F2N2O3/c1-26-13-9-14(20)17(15(21)10-13)18(25)23-19(7-8-22-11-16(19)24)12-5-3-2-4-6-12/h2-6,9-10,16,22,24H,7-8,11H2,1H3,(H,23,25)/t16-,19+/m1/s1. The number of ether oxygens (including phenoxy) is 1. The Kier molecular flexibility index (Phi) is 5.20. The SMILES string of the molecule is COc1cc(F)c(C(=O)N[C@]2(c3ccccc3)CCNC[C@H]2O)c(F)c1. The molecule has 2 aromatic rings. The highest BCUT2D eigenvalue weighted by Crippen LogP contribution is 2.32. The van der Waals surface area contributed by atoms with Gasteiger partial charge in [0.2, 0.25) is 0 Å². The van der Waals surface area contributed by atoms with Gasteiger partial charge in [-0.15, -0.1) is 0 Å². The molecule has 1 saturated heterocycles. The van der Waals surface area contributed by atoms with E-state index < -0.39 is 34.7 Å². The van der Waals surface area contributed by atoms with Gasteiger partial charge in [0.15, 0.2) is 0 Å². The lowest BCUT2D eigenvalue weighted by molar-refractivity contribution is 0.0286. The van der Waals surface area contributed by atoms with Crippen molar-refractivity contribution in [3.05, 3.63) is 65.2 Å². The smallest absolute Gasteiger partial charge is 0.258 e. The highest BCUT2D eigenvalue weighted by molar-refractivity contribution is 5.95. The Morgan fingerprint density at radius 3 is 2.50 bits per heavy atom. The highest BCUT2D eigenvalue weighted by atomic mass is 19.1. The van der Waals surface area contributed by atoms with Crippen molar-refractivity contribution in [3.8, 4) is 5.75 Å². The van der Waals surface area contributed by atoms with Crippen molar-refractivity contribution in [2.24, 2.45) is 0 Å². The largest absolute Gasteiger partial charge is 0.497 e. The molecule has 3 N–H and O–H groups in total.